The molecule has 1 amide bonds. The van der Waals surface area contributed by atoms with Gasteiger partial charge in [0.1, 0.15) is 0 Å². The summed E-state index contributed by atoms with van der Waals surface area (Å²) < 4.78 is 1.72. The number of hydrogen-bond acceptors (Lipinski definition) is 5. The first-order valence-electron chi connectivity index (χ1n) is 8.68. The molecule has 0 saturated carbocycles. The zero-order valence-electron chi connectivity index (χ0n) is 15.6. The van der Waals surface area contributed by atoms with Gasteiger partial charge in [0, 0.05) is 13.1 Å². The Hall–Kier alpha value is -1.18. The van der Waals surface area contributed by atoms with E-state index in [0.717, 1.165) is 35.0 Å². The van der Waals surface area contributed by atoms with E-state index in [9.17, 15) is 4.79 Å². The van der Waals surface area contributed by atoms with Crippen molar-refractivity contribution in [1.82, 2.24) is 9.88 Å². The monoisotopic (exact) mass is 443 g/mol. The highest BCUT2D eigenvalue weighted by atomic mass is 35.5. The highest BCUT2D eigenvalue weighted by molar-refractivity contribution is 7.22. The summed E-state index contributed by atoms with van der Waals surface area (Å²) in [4.78, 5) is 22.6. The molecule has 4 nitrogen and oxygen atoms in total. The van der Waals surface area contributed by atoms with Crippen LogP contribution in [0.4, 0.5) is 5.13 Å². The fraction of sp³-hybridized carbons (Fsp3) is 0.368. The molecular formula is C19H23Cl2N3OS2. The van der Waals surface area contributed by atoms with Gasteiger partial charge >= 0.3 is 0 Å². The van der Waals surface area contributed by atoms with Crippen molar-refractivity contribution in [3.63, 3.8) is 0 Å². The van der Waals surface area contributed by atoms with Crippen LogP contribution < -0.4 is 4.90 Å². The number of fused-ring (bicyclic) bond motifs is 1. The molecular weight excluding hydrogens is 421 g/mol. The Bertz CT molecular complexity index is 905. The first kappa shape index (κ1) is 22.1. The largest absolute Gasteiger partial charge is 0.302 e. The molecule has 0 aliphatic rings. The van der Waals surface area contributed by atoms with Crippen LogP contribution in [0.5, 0.6) is 0 Å². The Morgan fingerprint density at radius 1 is 1.11 bits per heavy atom. The fourth-order valence-electron chi connectivity index (χ4n) is 2.76. The maximum atomic E-state index is 13.1. The molecule has 0 unspecified atom stereocenters. The summed E-state index contributed by atoms with van der Waals surface area (Å²) in [6.45, 7) is 9.67. The topological polar surface area (TPSA) is 36.4 Å². The lowest BCUT2D eigenvalue weighted by molar-refractivity contribution is 0.0987. The number of carbonyl (C=O) groups is 1. The van der Waals surface area contributed by atoms with Gasteiger partial charge in [0.05, 0.1) is 19.4 Å². The van der Waals surface area contributed by atoms with E-state index in [1.807, 2.05) is 12.1 Å². The number of anilines is 1. The predicted molar refractivity (Wildman–Crippen MR) is 120 cm³/mol. The van der Waals surface area contributed by atoms with Gasteiger partial charge in [-0.05, 0) is 49.8 Å². The number of halogens is 2. The Labute approximate surface area is 179 Å². The van der Waals surface area contributed by atoms with Gasteiger partial charge in [-0.15, -0.1) is 23.7 Å². The number of rotatable bonds is 7. The van der Waals surface area contributed by atoms with Crippen LogP contribution in [0.1, 0.15) is 29.1 Å². The number of thiazole rings is 1. The van der Waals surface area contributed by atoms with Crippen LogP contribution in [0.15, 0.2) is 30.3 Å². The summed E-state index contributed by atoms with van der Waals surface area (Å²) in [7, 11) is 0. The van der Waals surface area contributed by atoms with Gasteiger partial charge in [-0.1, -0.05) is 42.9 Å². The molecule has 0 spiro atoms. The van der Waals surface area contributed by atoms with Gasteiger partial charge < -0.3 is 4.90 Å². The number of thiophene rings is 1. The zero-order chi connectivity index (χ0) is 18.7. The minimum atomic E-state index is -0.0372. The van der Waals surface area contributed by atoms with Crippen molar-refractivity contribution in [2.24, 2.45) is 0 Å². The zero-order valence-corrected chi connectivity index (χ0v) is 18.8. The minimum absolute atomic E-state index is 0. The maximum Gasteiger partial charge on any atom is 0.270 e. The third kappa shape index (κ3) is 5.21. The first-order chi connectivity index (χ1) is 12.5. The van der Waals surface area contributed by atoms with Crippen molar-refractivity contribution in [3.05, 3.63) is 45.1 Å². The van der Waals surface area contributed by atoms with E-state index in [1.165, 1.54) is 16.9 Å². The summed E-state index contributed by atoms with van der Waals surface area (Å²) in [5.41, 5.74) is 2.12. The smallest absolute Gasteiger partial charge is 0.270 e. The van der Waals surface area contributed by atoms with Gasteiger partial charge in [-0.3, -0.25) is 9.69 Å². The second-order valence-electron chi connectivity index (χ2n) is 6.06. The van der Waals surface area contributed by atoms with Gasteiger partial charge in [0.25, 0.3) is 5.91 Å². The molecule has 0 fully saturated rings. The molecule has 1 aromatic carbocycles. The number of carbonyl (C=O) groups excluding carboxylic acids is 1. The lowest BCUT2D eigenvalue weighted by atomic mass is 10.2. The standard InChI is InChI=1S/C19H22ClN3OS2.ClH/c1-4-22(5-2)10-11-23(18(24)15-8-9-17(20)25-15)19-21-14-7-6-13(3)12-16(14)26-19;/h6-9,12H,4-5,10-11H2,1-3H3;1H. The number of aromatic nitrogens is 1. The number of nitrogens with zero attached hydrogens (tertiary/aromatic N) is 3. The van der Waals surface area contributed by atoms with E-state index in [0.29, 0.717) is 15.8 Å². The van der Waals surface area contributed by atoms with Crippen molar-refractivity contribution in [3.8, 4) is 0 Å². The second kappa shape index (κ2) is 9.85. The Morgan fingerprint density at radius 3 is 2.48 bits per heavy atom. The Kier molecular flexibility index (Phi) is 8.06. The second-order valence-corrected chi connectivity index (χ2v) is 8.78. The number of hydrogen-bond donors (Lipinski definition) is 0. The van der Waals surface area contributed by atoms with Crippen molar-refractivity contribution in [2.75, 3.05) is 31.1 Å². The average molecular weight is 444 g/mol. The quantitative estimate of drug-likeness (QED) is 0.467. The highest BCUT2D eigenvalue weighted by Crippen LogP contribution is 2.31. The molecule has 8 heteroatoms. The third-order valence-electron chi connectivity index (χ3n) is 4.33. The molecule has 0 aliphatic heterocycles. The van der Waals surface area contributed by atoms with Gasteiger partial charge in [-0.25, -0.2) is 4.98 Å². The normalized spacial score (nSPS) is 11.0. The summed E-state index contributed by atoms with van der Waals surface area (Å²) in [6.07, 6.45) is 0. The first-order valence-corrected chi connectivity index (χ1v) is 10.7. The lowest BCUT2D eigenvalue weighted by Crippen LogP contribution is -2.38. The van der Waals surface area contributed by atoms with Crippen LogP contribution >= 0.6 is 46.7 Å². The molecule has 2 aromatic heterocycles. The third-order valence-corrected chi connectivity index (χ3v) is 6.59. The van der Waals surface area contributed by atoms with Crippen LogP contribution in [0, 0.1) is 6.92 Å². The number of aryl methyl sites for hydroxylation is 1. The average Bonchev–Trinajstić information content (AvgIpc) is 3.24. The van der Waals surface area contributed by atoms with Crippen molar-refractivity contribution < 1.29 is 4.79 Å². The lowest BCUT2D eigenvalue weighted by Gasteiger charge is -2.24. The van der Waals surface area contributed by atoms with E-state index < -0.39 is 0 Å². The van der Waals surface area contributed by atoms with Crippen molar-refractivity contribution >= 4 is 67.9 Å². The van der Waals surface area contributed by atoms with Crippen LogP contribution in [0.3, 0.4) is 0 Å². The summed E-state index contributed by atoms with van der Waals surface area (Å²) in [6, 6.07) is 9.74. The summed E-state index contributed by atoms with van der Waals surface area (Å²) >= 11 is 8.91. The van der Waals surface area contributed by atoms with Gasteiger partial charge in [0.2, 0.25) is 0 Å². The molecule has 0 N–H and O–H groups in total. The van der Waals surface area contributed by atoms with Crippen LogP contribution in [0.25, 0.3) is 10.2 Å². The van der Waals surface area contributed by atoms with E-state index in [2.05, 4.69) is 31.7 Å². The van der Waals surface area contributed by atoms with Crippen LogP contribution in [-0.4, -0.2) is 42.0 Å². The van der Waals surface area contributed by atoms with E-state index in [-0.39, 0.29) is 18.3 Å². The SMILES string of the molecule is CCN(CC)CCN(C(=O)c1ccc(Cl)s1)c1nc2ccc(C)cc2s1.Cl. The Morgan fingerprint density at radius 2 is 1.85 bits per heavy atom. The van der Waals surface area contributed by atoms with E-state index in [1.54, 1.807) is 28.4 Å². The molecule has 3 rings (SSSR count). The van der Waals surface area contributed by atoms with Gasteiger partial charge in [0.15, 0.2) is 5.13 Å². The van der Waals surface area contributed by atoms with E-state index in [4.69, 9.17) is 16.6 Å². The minimum Gasteiger partial charge on any atom is -0.302 e. The maximum absolute atomic E-state index is 13.1. The fourth-order valence-corrected chi connectivity index (χ4v) is 4.84. The predicted octanol–water partition coefficient (Wildman–Crippen LogP) is 5.73. The molecule has 0 radical (unpaired) electrons. The van der Waals surface area contributed by atoms with E-state index >= 15 is 0 Å². The van der Waals surface area contributed by atoms with Crippen LogP contribution in [0.2, 0.25) is 4.34 Å². The highest BCUT2D eigenvalue weighted by Gasteiger charge is 2.23. The number of benzene rings is 1. The molecule has 27 heavy (non-hydrogen) atoms. The van der Waals surface area contributed by atoms with Crippen LogP contribution in [-0.2, 0) is 0 Å². The Balaban J connectivity index is 0.00000261. The number of amides is 1. The number of likely N-dealkylation sites (N-methyl/N-ethyl adjacent to an activating group) is 1. The molecule has 0 saturated heterocycles. The molecule has 0 bridgehead atoms. The van der Waals surface area contributed by atoms with Gasteiger partial charge in [-0.2, -0.15) is 0 Å². The molecule has 2 heterocycles. The molecule has 146 valence electrons. The van der Waals surface area contributed by atoms with Crippen molar-refractivity contribution in [2.45, 2.75) is 20.8 Å². The molecule has 3 aromatic rings. The summed E-state index contributed by atoms with van der Waals surface area (Å²) in [5, 5.41) is 0.743. The molecule has 0 aliphatic carbocycles. The van der Waals surface area contributed by atoms with Crippen molar-refractivity contribution in [1.29, 1.82) is 0 Å². The molecule has 0 atom stereocenters. The summed E-state index contributed by atoms with van der Waals surface area (Å²) in [5.74, 6) is -0.0372.